The van der Waals surface area contributed by atoms with E-state index in [1.165, 1.54) is 6.92 Å². The van der Waals surface area contributed by atoms with E-state index in [1.807, 2.05) is 0 Å². The number of rotatable bonds is 5. The number of aliphatic hydroxyl groups is 1. The second kappa shape index (κ2) is 5.17. The fourth-order valence-corrected chi connectivity index (χ4v) is 1.70. The molecule has 2 N–H and O–H groups in total. The number of nitriles is 1. The molecule has 2 atom stereocenters. The van der Waals surface area contributed by atoms with Gasteiger partial charge in [-0.2, -0.15) is 5.26 Å². The SMILES string of the molecule is CCC(CO)NS(=O)(=O)C(C)C#N. The van der Waals surface area contributed by atoms with Crippen molar-refractivity contribution in [1.29, 1.82) is 5.26 Å². The van der Waals surface area contributed by atoms with Crippen molar-refractivity contribution in [2.24, 2.45) is 0 Å². The molecule has 0 radical (unpaired) electrons. The Bertz CT molecular complexity index is 277. The molecule has 13 heavy (non-hydrogen) atoms. The minimum absolute atomic E-state index is 0.256. The highest BCUT2D eigenvalue weighted by Crippen LogP contribution is 2.00. The van der Waals surface area contributed by atoms with Crippen molar-refractivity contribution in [3.8, 4) is 6.07 Å². The van der Waals surface area contributed by atoms with E-state index in [0.29, 0.717) is 6.42 Å². The molecule has 0 bridgehead atoms. The smallest absolute Gasteiger partial charge is 0.228 e. The Hall–Kier alpha value is -0.640. The predicted octanol–water partition coefficient (Wildman–Crippen LogP) is -0.411. The second-order valence-electron chi connectivity index (χ2n) is 2.72. The Morgan fingerprint density at radius 2 is 2.15 bits per heavy atom. The van der Waals surface area contributed by atoms with Crippen molar-refractivity contribution in [2.75, 3.05) is 6.61 Å². The van der Waals surface area contributed by atoms with Crippen LogP contribution < -0.4 is 4.72 Å². The van der Waals surface area contributed by atoms with Crippen LogP contribution in [-0.4, -0.2) is 31.4 Å². The first-order valence-corrected chi connectivity index (χ1v) is 5.54. The maximum absolute atomic E-state index is 11.2. The lowest BCUT2D eigenvalue weighted by atomic mass is 10.3. The molecule has 0 aliphatic rings. The third kappa shape index (κ3) is 3.72. The molecule has 0 spiro atoms. The highest BCUT2D eigenvalue weighted by molar-refractivity contribution is 7.90. The van der Waals surface area contributed by atoms with Gasteiger partial charge in [0.25, 0.3) is 0 Å². The predicted molar refractivity (Wildman–Crippen MR) is 48.3 cm³/mol. The summed E-state index contributed by atoms with van der Waals surface area (Å²) < 4.78 is 24.7. The Kier molecular flexibility index (Phi) is 4.91. The molecule has 0 amide bonds. The lowest BCUT2D eigenvalue weighted by Crippen LogP contribution is -2.41. The van der Waals surface area contributed by atoms with Crippen LogP contribution in [0.3, 0.4) is 0 Å². The molecule has 0 aliphatic heterocycles. The number of hydrogen-bond donors (Lipinski definition) is 2. The van der Waals surface area contributed by atoms with Crippen LogP contribution in [-0.2, 0) is 10.0 Å². The van der Waals surface area contributed by atoms with Crippen molar-refractivity contribution in [3.63, 3.8) is 0 Å². The topological polar surface area (TPSA) is 90.2 Å². The molecule has 0 heterocycles. The first-order chi connectivity index (χ1) is 5.97. The fraction of sp³-hybridized carbons (Fsp3) is 0.857. The molecular formula is C7H14N2O3S. The summed E-state index contributed by atoms with van der Waals surface area (Å²) in [6, 6.07) is 1.13. The summed E-state index contributed by atoms with van der Waals surface area (Å²) >= 11 is 0. The first kappa shape index (κ1) is 12.4. The Labute approximate surface area is 78.4 Å². The number of nitrogens with one attached hydrogen (secondary N) is 1. The van der Waals surface area contributed by atoms with E-state index in [-0.39, 0.29) is 6.61 Å². The lowest BCUT2D eigenvalue weighted by molar-refractivity contribution is 0.253. The van der Waals surface area contributed by atoms with Gasteiger partial charge in [-0.25, -0.2) is 13.1 Å². The zero-order valence-electron chi connectivity index (χ0n) is 7.69. The van der Waals surface area contributed by atoms with Crippen LogP contribution in [0.4, 0.5) is 0 Å². The number of aliphatic hydroxyl groups excluding tert-OH is 1. The minimum atomic E-state index is -3.60. The number of nitrogens with zero attached hydrogens (tertiary/aromatic N) is 1. The van der Waals surface area contributed by atoms with Gasteiger partial charge in [0.15, 0.2) is 5.25 Å². The molecule has 0 aromatic rings. The van der Waals surface area contributed by atoms with Crippen LogP contribution in [0.2, 0.25) is 0 Å². The van der Waals surface area contributed by atoms with Gasteiger partial charge in [-0.3, -0.25) is 0 Å². The Morgan fingerprint density at radius 1 is 1.62 bits per heavy atom. The van der Waals surface area contributed by atoms with Gasteiger partial charge < -0.3 is 5.11 Å². The van der Waals surface area contributed by atoms with Crippen LogP contribution in [0.15, 0.2) is 0 Å². The second-order valence-corrected chi connectivity index (χ2v) is 4.75. The third-order valence-corrected chi connectivity index (χ3v) is 3.39. The van der Waals surface area contributed by atoms with Crippen LogP contribution in [0.25, 0.3) is 0 Å². The standard InChI is InChI=1S/C7H14N2O3S/c1-3-7(5-10)9-13(11,12)6(2)4-8/h6-7,9-10H,3,5H2,1-2H3. The summed E-state index contributed by atoms with van der Waals surface area (Å²) in [7, 11) is -3.60. The van der Waals surface area contributed by atoms with Crippen LogP contribution in [0.5, 0.6) is 0 Å². The minimum Gasteiger partial charge on any atom is -0.395 e. The first-order valence-electron chi connectivity index (χ1n) is 3.99. The van der Waals surface area contributed by atoms with Crippen LogP contribution in [0, 0.1) is 11.3 Å². The highest BCUT2D eigenvalue weighted by atomic mass is 32.2. The quantitative estimate of drug-likeness (QED) is 0.639. The van der Waals surface area contributed by atoms with E-state index < -0.39 is 21.3 Å². The highest BCUT2D eigenvalue weighted by Gasteiger charge is 2.22. The Morgan fingerprint density at radius 3 is 2.46 bits per heavy atom. The van der Waals surface area contributed by atoms with E-state index in [9.17, 15) is 8.42 Å². The molecule has 6 heteroatoms. The van der Waals surface area contributed by atoms with E-state index in [2.05, 4.69) is 4.72 Å². The largest absolute Gasteiger partial charge is 0.395 e. The molecule has 0 saturated carbocycles. The molecule has 0 saturated heterocycles. The van der Waals surface area contributed by atoms with Gasteiger partial charge in [0.2, 0.25) is 10.0 Å². The maximum atomic E-state index is 11.2. The molecular weight excluding hydrogens is 192 g/mol. The van der Waals surface area contributed by atoms with Crippen molar-refractivity contribution in [1.82, 2.24) is 4.72 Å². The van der Waals surface area contributed by atoms with Crippen molar-refractivity contribution >= 4 is 10.0 Å². The molecule has 0 aromatic heterocycles. The summed E-state index contributed by atoms with van der Waals surface area (Å²) in [6.45, 7) is 2.79. The molecule has 0 fully saturated rings. The van der Waals surface area contributed by atoms with Gasteiger partial charge in [0.05, 0.1) is 12.7 Å². The molecule has 0 aromatic carbocycles. The van der Waals surface area contributed by atoms with Gasteiger partial charge in [0.1, 0.15) is 0 Å². The number of sulfonamides is 1. The van der Waals surface area contributed by atoms with Crippen molar-refractivity contribution in [2.45, 2.75) is 31.6 Å². The van der Waals surface area contributed by atoms with Gasteiger partial charge >= 0.3 is 0 Å². The zero-order valence-corrected chi connectivity index (χ0v) is 8.50. The summed E-state index contributed by atoms with van der Waals surface area (Å²) in [6.07, 6.45) is 0.494. The van der Waals surface area contributed by atoms with E-state index >= 15 is 0 Å². The van der Waals surface area contributed by atoms with Gasteiger partial charge in [-0.05, 0) is 13.3 Å². The maximum Gasteiger partial charge on any atom is 0.228 e. The summed E-state index contributed by atoms with van der Waals surface area (Å²) in [4.78, 5) is 0. The van der Waals surface area contributed by atoms with Crippen LogP contribution >= 0.6 is 0 Å². The molecule has 0 rings (SSSR count). The average molecular weight is 206 g/mol. The van der Waals surface area contributed by atoms with Gasteiger partial charge in [-0.1, -0.05) is 6.92 Å². The normalized spacial score (nSPS) is 16.2. The van der Waals surface area contributed by atoms with Crippen molar-refractivity contribution < 1.29 is 13.5 Å². The fourth-order valence-electron chi connectivity index (χ4n) is 0.653. The van der Waals surface area contributed by atoms with E-state index in [1.54, 1.807) is 13.0 Å². The summed E-state index contributed by atoms with van der Waals surface area (Å²) in [5, 5.41) is 16.0. The van der Waals surface area contributed by atoms with E-state index in [0.717, 1.165) is 0 Å². The number of hydrogen-bond acceptors (Lipinski definition) is 4. The Balaban J connectivity index is 4.43. The summed E-state index contributed by atoms with van der Waals surface area (Å²) in [5.74, 6) is 0. The van der Waals surface area contributed by atoms with Gasteiger partial charge in [0, 0.05) is 6.04 Å². The molecule has 76 valence electrons. The van der Waals surface area contributed by atoms with Crippen molar-refractivity contribution in [3.05, 3.63) is 0 Å². The summed E-state index contributed by atoms with van der Waals surface area (Å²) in [5.41, 5.74) is 0. The van der Waals surface area contributed by atoms with E-state index in [4.69, 9.17) is 10.4 Å². The third-order valence-electron chi connectivity index (χ3n) is 1.69. The van der Waals surface area contributed by atoms with Crippen LogP contribution in [0.1, 0.15) is 20.3 Å². The zero-order chi connectivity index (χ0) is 10.5. The lowest BCUT2D eigenvalue weighted by Gasteiger charge is -2.14. The average Bonchev–Trinajstić information content (AvgIpc) is 2.12. The molecule has 5 nitrogen and oxygen atoms in total. The van der Waals surface area contributed by atoms with Gasteiger partial charge in [-0.15, -0.1) is 0 Å². The molecule has 0 aliphatic carbocycles. The monoisotopic (exact) mass is 206 g/mol. The molecule has 2 unspecified atom stereocenters.